The van der Waals surface area contributed by atoms with Gasteiger partial charge in [-0.3, -0.25) is 0 Å². The zero-order valence-electron chi connectivity index (χ0n) is 11.4. The summed E-state index contributed by atoms with van der Waals surface area (Å²) in [7, 11) is 0. The fraction of sp³-hybridized carbons (Fsp3) is 0.462. The highest BCUT2D eigenvalue weighted by atomic mass is 79.9. The van der Waals surface area contributed by atoms with E-state index in [-0.39, 0.29) is 15.3 Å². The van der Waals surface area contributed by atoms with Crippen molar-refractivity contribution in [3.8, 4) is 0 Å². The zero-order chi connectivity index (χ0) is 15.9. The molecule has 0 spiro atoms. The SMILES string of the molecule is CCOCCCNC(=S)Nc1ccc(Br)c(C(F)(F)F)c1. The van der Waals surface area contributed by atoms with Gasteiger partial charge in [-0.05, 0) is 43.8 Å². The van der Waals surface area contributed by atoms with E-state index in [2.05, 4.69) is 26.6 Å². The molecule has 1 aromatic rings. The lowest BCUT2D eigenvalue weighted by Crippen LogP contribution is -2.29. The van der Waals surface area contributed by atoms with Crippen LogP contribution in [0, 0.1) is 0 Å². The second-order valence-corrected chi connectivity index (χ2v) is 5.39. The van der Waals surface area contributed by atoms with Gasteiger partial charge in [0.2, 0.25) is 0 Å². The number of alkyl halides is 3. The van der Waals surface area contributed by atoms with Crippen LogP contribution in [0.4, 0.5) is 18.9 Å². The summed E-state index contributed by atoms with van der Waals surface area (Å²) in [5.74, 6) is 0. The highest BCUT2D eigenvalue weighted by Crippen LogP contribution is 2.36. The Bertz CT molecular complexity index is 483. The van der Waals surface area contributed by atoms with Gasteiger partial charge in [-0.1, -0.05) is 15.9 Å². The van der Waals surface area contributed by atoms with Crippen LogP contribution >= 0.6 is 28.1 Å². The van der Waals surface area contributed by atoms with Crippen molar-refractivity contribution in [2.45, 2.75) is 19.5 Å². The highest BCUT2D eigenvalue weighted by Gasteiger charge is 2.33. The van der Waals surface area contributed by atoms with Crippen molar-refractivity contribution in [1.29, 1.82) is 0 Å². The molecule has 0 fully saturated rings. The number of benzene rings is 1. The van der Waals surface area contributed by atoms with Gasteiger partial charge in [0.05, 0.1) is 5.56 Å². The van der Waals surface area contributed by atoms with Crippen molar-refractivity contribution in [1.82, 2.24) is 5.32 Å². The topological polar surface area (TPSA) is 33.3 Å². The van der Waals surface area contributed by atoms with Gasteiger partial charge in [0.25, 0.3) is 0 Å². The molecule has 0 saturated carbocycles. The molecule has 0 aliphatic rings. The molecule has 118 valence electrons. The molecule has 0 aliphatic carbocycles. The molecule has 3 nitrogen and oxygen atoms in total. The minimum absolute atomic E-state index is 0.00357. The van der Waals surface area contributed by atoms with Crippen LogP contribution in [0.25, 0.3) is 0 Å². The van der Waals surface area contributed by atoms with Gasteiger partial charge in [-0.15, -0.1) is 0 Å². The number of anilines is 1. The lowest BCUT2D eigenvalue weighted by Gasteiger charge is -2.14. The highest BCUT2D eigenvalue weighted by molar-refractivity contribution is 9.10. The van der Waals surface area contributed by atoms with E-state index in [1.807, 2.05) is 6.92 Å². The van der Waals surface area contributed by atoms with Gasteiger partial charge < -0.3 is 15.4 Å². The average Bonchev–Trinajstić information content (AvgIpc) is 2.39. The first kappa shape index (κ1) is 18.2. The third kappa shape index (κ3) is 6.62. The Morgan fingerprint density at radius 2 is 2.10 bits per heavy atom. The molecule has 8 heteroatoms. The molecule has 0 radical (unpaired) electrons. The molecule has 0 bridgehead atoms. The maximum atomic E-state index is 12.8. The van der Waals surface area contributed by atoms with E-state index in [4.69, 9.17) is 17.0 Å². The summed E-state index contributed by atoms with van der Waals surface area (Å²) in [6, 6.07) is 3.87. The molecule has 21 heavy (non-hydrogen) atoms. The molecule has 0 heterocycles. The Labute approximate surface area is 135 Å². The van der Waals surface area contributed by atoms with E-state index in [1.165, 1.54) is 12.1 Å². The first-order valence-corrected chi connectivity index (χ1v) is 7.54. The maximum absolute atomic E-state index is 12.8. The van der Waals surface area contributed by atoms with Gasteiger partial charge in [0.1, 0.15) is 0 Å². The number of thiocarbonyl (C=S) groups is 1. The van der Waals surface area contributed by atoms with E-state index in [0.717, 1.165) is 12.5 Å². The van der Waals surface area contributed by atoms with Crippen LogP contribution in [0.5, 0.6) is 0 Å². The van der Waals surface area contributed by atoms with Crippen molar-refractivity contribution in [2.75, 3.05) is 25.1 Å². The Morgan fingerprint density at radius 1 is 1.38 bits per heavy atom. The van der Waals surface area contributed by atoms with Crippen molar-refractivity contribution < 1.29 is 17.9 Å². The van der Waals surface area contributed by atoms with E-state index >= 15 is 0 Å². The largest absolute Gasteiger partial charge is 0.417 e. The Kier molecular flexibility index (Phi) is 7.41. The van der Waals surface area contributed by atoms with Gasteiger partial charge in [0, 0.05) is 29.9 Å². The van der Waals surface area contributed by atoms with Crippen LogP contribution in [0.2, 0.25) is 0 Å². The summed E-state index contributed by atoms with van der Waals surface area (Å²) >= 11 is 7.92. The fourth-order valence-electron chi connectivity index (χ4n) is 1.52. The molecular weight excluding hydrogens is 369 g/mol. The first-order chi connectivity index (χ1) is 9.84. The standard InChI is InChI=1S/C13H16BrF3N2OS/c1-2-20-7-3-6-18-12(21)19-9-4-5-11(14)10(8-9)13(15,16)17/h4-5,8H,2-3,6-7H2,1H3,(H2,18,19,21). The molecule has 1 rings (SSSR count). The number of halogens is 4. The molecule has 0 amide bonds. The van der Waals surface area contributed by atoms with Crippen LogP contribution in [-0.4, -0.2) is 24.9 Å². The maximum Gasteiger partial charge on any atom is 0.417 e. The second kappa shape index (κ2) is 8.55. The zero-order valence-corrected chi connectivity index (χ0v) is 13.8. The Morgan fingerprint density at radius 3 is 2.71 bits per heavy atom. The summed E-state index contributed by atoms with van der Waals surface area (Å²) < 4.78 is 43.5. The number of hydrogen-bond donors (Lipinski definition) is 2. The third-order valence-corrected chi connectivity index (χ3v) is 3.42. The summed E-state index contributed by atoms with van der Waals surface area (Å²) in [5.41, 5.74) is -0.459. The van der Waals surface area contributed by atoms with E-state index < -0.39 is 11.7 Å². The fourth-order valence-corrected chi connectivity index (χ4v) is 2.21. The number of nitrogens with one attached hydrogen (secondary N) is 2. The second-order valence-electron chi connectivity index (χ2n) is 4.12. The Balaban J connectivity index is 2.53. The number of ether oxygens (including phenoxy) is 1. The summed E-state index contributed by atoms with van der Waals surface area (Å²) in [6.07, 6.45) is -3.65. The van der Waals surface area contributed by atoms with Gasteiger partial charge in [0.15, 0.2) is 5.11 Å². The van der Waals surface area contributed by atoms with E-state index in [0.29, 0.717) is 19.8 Å². The summed E-state index contributed by atoms with van der Waals surface area (Å²) in [5, 5.41) is 5.92. The first-order valence-electron chi connectivity index (χ1n) is 6.34. The number of rotatable bonds is 6. The quantitative estimate of drug-likeness (QED) is 0.569. The summed E-state index contributed by atoms with van der Waals surface area (Å²) in [6.45, 7) is 3.77. The normalized spacial score (nSPS) is 11.3. The molecule has 1 aromatic carbocycles. The van der Waals surface area contributed by atoms with Crippen LogP contribution < -0.4 is 10.6 Å². The predicted octanol–water partition coefficient (Wildman–Crippen LogP) is 4.18. The van der Waals surface area contributed by atoms with E-state index in [1.54, 1.807) is 0 Å². The minimum Gasteiger partial charge on any atom is -0.382 e. The molecule has 0 aromatic heterocycles. The van der Waals surface area contributed by atoms with E-state index in [9.17, 15) is 13.2 Å². The molecule has 0 aliphatic heterocycles. The van der Waals surface area contributed by atoms with Crippen molar-refractivity contribution in [3.63, 3.8) is 0 Å². The smallest absolute Gasteiger partial charge is 0.382 e. The molecular formula is C13H16BrF3N2OS. The van der Waals surface area contributed by atoms with Gasteiger partial charge in [-0.2, -0.15) is 13.2 Å². The molecule has 2 N–H and O–H groups in total. The van der Waals surface area contributed by atoms with Crippen LogP contribution in [0.3, 0.4) is 0 Å². The van der Waals surface area contributed by atoms with Crippen molar-refractivity contribution >= 4 is 38.9 Å². The lowest BCUT2D eigenvalue weighted by atomic mass is 10.2. The van der Waals surface area contributed by atoms with Gasteiger partial charge in [-0.25, -0.2) is 0 Å². The Hall–Kier alpha value is -0.860. The van der Waals surface area contributed by atoms with Crippen molar-refractivity contribution in [2.24, 2.45) is 0 Å². The predicted molar refractivity (Wildman–Crippen MR) is 84.5 cm³/mol. The monoisotopic (exact) mass is 384 g/mol. The molecule has 0 unspecified atom stereocenters. The molecule has 0 atom stereocenters. The minimum atomic E-state index is -4.41. The average molecular weight is 385 g/mol. The van der Waals surface area contributed by atoms with Gasteiger partial charge >= 0.3 is 6.18 Å². The third-order valence-electron chi connectivity index (χ3n) is 2.48. The van der Waals surface area contributed by atoms with Crippen LogP contribution in [-0.2, 0) is 10.9 Å². The summed E-state index contributed by atoms with van der Waals surface area (Å²) in [4.78, 5) is 0. The molecule has 0 saturated heterocycles. The van der Waals surface area contributed by atoms with Crippen LogP contribution in [0.15, 0.2) is 22.7 Å². The lowest BCUT2D eigenvalue weighted by molar-refractivity contribution is -0.138. The van der Waals surface area contributed by atoms with Crippen molar-refractivity contribution in [3.05, 3.63) is 28.2 Å². The number of hydrogen-bond acceptors (Lipinski definition) is 2. The van der Waals surface area contributed by atoms with Crippen LogP contribution in [0.1, 0.15) is 18.9 Å².